The lowest BCUT2D eigenvalue weighted by Crippen LogP contribution is -2.05. The summed E-state index contributed by atoms with van der Waals surface area (Å²) in [7, 11) is -3.39. The molecule has 14 heavy (non-hydrogen) atoms. The van der Waals surface area contributed by atoms with E-state index in [1.807, 2.05) is 0 Å². The molecule has 2 rings (SSSR count). The SMILES string of the molecule is CS(=O)(=O)c1nc(N)c2ccsc2n1. The van der Waals surface area contributed by atoms with Crippen molar-refractivity contribution in [2.75, 3.05) is 12.0 Å². The van der Waals surface area contributed by atoms with Crippen LogP contribution in [0.4, 0.5) is 5.82 Å². The van der Waals surface area contributed by atoms with Crippen LogP contribution in [0.3, 0.4) is 0 Å². The molecule has 0 saturated heterocycles. The van der Waals surface area contributed by atoms with Crippen LogP contribution >= 0.6 is 11.3 Å². The first-order valence-electron chi connectivity index (χ1n) is 3.69. The molecule has 74 valence electrons. The molecular formula is C7H7N3O2S2. The van der Waals surface area contributed by atoms with E-state index in [0.29, 0.717) is 10.2 Å². The van der Waals surface area contributed by atoms with Gasteiger partial charge >= 0.3 is 0 Å². The zero-order valence-corrected chi connectivity index (χ0v) is 8.89. The molecular weight excluding hydrogens is 222 g/mol. The standard InChI is InChI=1S/C7H7N3O2S2/c1-14(11,12)7-9-5(8)4-2-3-13-6(4)10-7/h2-3H,1H3,(H2,8,9,10). The molecule has 2 heterocycles. The normalized spacial score (nSPS) is 12.1. The molecule has 0 amide bonds. The Morgan fingerprint density at radius 3 is 2.79 bits per heavy atom. The van der Waals surface area contributed by atoms with Gasteiger partial charge in [-0.1, -0.05) is 0 Å². The fourth-order valence-electron chi connectivity index (χ4n) is 1.02. The van der Waals surface area contributed by atoms with E-state index < -0.39 is 9.84 Å². The van der Waals surface area contributed by atoms with E-state index in [0.717, 1.165) is 6.26 Å². The maximum Gasteiger partial charge on any atom is 0.250 e. The Labute approximate surface area is 84.5 Å². The lowest BCUT2D eigenvalue weighted by Gasteiger charge is -1.99. The van der Waals surface area contributed by atoms with E-state index >= 15 is 0 Å². The fraction of sp³-hybridized carbons (Fsp3) is 0.143. The highest BCUT2D eigenvalue weighted by Gasteiger charge is 2.14. The summed E-state index contributed by atoms with van der Waals surface area (Å²) in [6, 6.07) is 1.77. The maximum absolute atomic E-state index is 11.2. The summed E-state index contributed by atoms with van der Waals surface area (Å²) in [5, 5.41) is 2.27. The number of aromatic nitrogens is 2. The summed E-state index contributed by atoms with van der Waals surface area (Å²) in [6.45, 7) is 0. The molecule has 5 nitrogen and oxygen atoms in total. The van der Waals surface area contributed by atoms with Gasteiger partial charge in [0, 0.05) is 6.26 Å². The van der Waals surface area contributed by atoms with Gasteiger partial charge in [0.25, 0.3) is 0 Å². The lowest BCUT2D eigenvalue weighted by molar-refractivity contribution is 0.594. The molecule has 7 heteroatoms. The first kappa shape index (κ1) is 9.35. The molecule has 2 N–H and O–H groups in total. The molecule has 0 aromatic carbocycles. The molecule has 0 radical (unpaired) electrons. The van der Waals surface area contributed by atoms with Gasteiger partial charge in [-0.3, -0.25) is 0 Å². The van der Waals surface area contributed by atoms with Crippen molar-refractivity contribution in [3.63, 3.8) is 0 Å². The third-order valence-corrected chi connectivity index (χ3v) is 3.32. The molecule has 0 aliphatic rings. The van der Waals surface area contributed by atoms with Gasteiger partial charge in [-0.2, -0.15) is 0 Å². The van der Waals surface area contributed by atoms with E-state index in [2.05, 4.69) is 9.97 Å². The number of nitrogens with two attached hydrogens (primary N) is 1. The molecule has 0 aliphatic heterocycles. The smallest absolute Gasteiger partial charge is 0.250 e. The van der Waals surface area contributed by atoms with Crippen LogP contribution in [0.5, 0.6) is 0 Å². The Hall–Kier alpha value is -1.21. The van der Waals surface area contributed by atoms with Gasteiger partial charge in [0.15, 0.2) is 0 Å². The largest absolute Gasteiger partial charge is 0.383 e. The summed E-state index contributed by atoms with van der Waals surface area (Å²) < 4.78 is 22.3. The van der Waals surface area contributed by atoms with Gasteiger partial charge in [-0.05, 0) is 11.4 Å². The minimum absolute atomic E-state index is 0.205. The summed E-state index contributed by atoms with van der Waals surface area (Å²) >= 11 is 1.34. The van der Waals surface area contributed by atoms with Crippen molar-refractivity contribution in [2.24, 2.45) is 0 Å². The number of thiophene rings is 1. The van der Waals surface area contributed by atoms with E-state index in [4.69, 9.17) is 5.73 Å². The van der Waals surface area contributed by atoms with Gasteiger partial charge in [-0.15, -0.1) is 11.3 Å². The van der Waals surface area contributed by atoms with Gasteiger partial charge in [0.1, 0.15) is 10.6 Å². The van der Waals surface area contributed by atoms with Crippen molar-refractivity contribution in [3.05, 3.63) is 11.4 Å². The molecule has 0 spiro atoms. The fourth-order valence-corrected chi connectivity index (χ4v) is 2.37. The zero-order valence-electron chi connectivity index (χ0n) is 7.26. The Morgan fingerprint density at radius 2 is 2.14 bits per heavy atom. The number of fused-ring (bicyclic) bond motifs is 1. The summed E-state index contributed by atoms with van der Waals surface area (Å²) in [6.07, 6.45) is 1.06. The topological polar surface area (TPSA) is 85.9 Å². The van der Waals surface area contributed by atoms with Crippen LogP contribution in [0.25, 0.3) is 10.2 Å². The second-order valence-electron chi connectivity index (χ2n) is 2.80. The van der Waals surface area contributed by atoms with Crippen molar-refractivity contribution in [2.45, 2.75) is 5.16 Å². The number of anilines is 1. The second-order valence-corrected chi connectivity index (χ2v) is 5.61. The molecule has 0 unspecified atom stereocenters. The predicted octanol–water partition coefficient (Wildman–Crippen LogP) is 0.677. The van der Waals surface area contributed by atoms with Crippen LogP contribution < -0.4 is 5.73 Å². The van der Waals surface area contributed by atoms with Gasteiger partial charge < -0.3 is 5.73 Å². The Morgan fingerprint density at radius 1 is 1.43 bits per heavy atom. The van der Waals surface area contributed by atoms with Crippen molar-refractivity contribution in [3.8, 4) is 0 Å². The number of nitrogens with zero attached hydrogens (tertiary/aromatic N) is 2. The third kappa shape index (κ3) is 1.44. The quantitative estimate of drug-likeness (QED) is 0.726. The van der Waals surface area contributed by atoms with Crippen molar-refractivity contribution >= 4 is 37.2 Å². The number of hydrogen-bond donors (Lipinski definition) is 1. The first-order valence-corrected chi connectivity index (χ1v) is 6.46. The molecule has 0 fully saturated rings. The van der Waals surface area contributed by atoms with Gasteiger partial charge in [0.2, 0.25) is 15.0 Å². The summed E-state index contributed by atoms with van der Waals surface area (Å²) in [4.78, 5) is 8.23. The Balaban J connectivity index is 2.83. The Kier molecular flexibility index (Phi) is 1.93. The van der Waals surface area contributed by atoms with Crippen LogP contribution in [-0.2, 0) is 9.84 Å². The number of sulfone groups is 1. The predicted molar refractivity (Wildman–Crippen MR) is 54.9 cm³/mol. The minimum atomic E-state index is -3.39. The van der Waals surface area contributed by atoms with E-state index in [1.165, 1.54) is 11.3 Å². The number of nitrogen functional groups attached to an aromatic ring is 1. The monoisotopic (exact) mass is 229 g/mol. The van der Waals surface area contributed by atoms with Crippen LogP contribution in [0, 0.1) is 0 Å². The highest BCUT2D eigenvalue weighted by molar-refractivity contribution is 7.90. The van der Waals surface area contributed by atoms with Crippen LogP contribution in [0.15, 0.2) is 16.6 Å². The molecule has 2 aromatic rings. The van der Waals surface area contributed by atoms with Gasteiger partial charge in [-0.25, -0.2) is 18.4 Å². The van der Waals surface area contributed by atoms with Crippen molar-refractivity contribution in [1.29, 1.82) is 0 Å². The summed E-state index contributed by atoms with van der Waals surface area (Å²) in [5.41, 5.74) is 5.59. The number of rotatable bonds is 1. The molecule has 0 bridgehead atoms. The van der Waals surface area contributed by atoms with Crippen LogP contribution in [-0.4, -0.2) is 24.6 Å². The second kappa shape index (κ2) is 2.89. The van der Waals surface area contributed by atoms with Crippen molar-refractivity contribution in [1.82, 2.24) is 9.97 Å². The van der Waals surface area contributed by atoms with Gasteiger partial charge in [0.05, 0.1) is 5.39 Å². The molecule has 0 atom stereocenters. The van der Waals surface area contributed by atoms with Crippen molar-refractivity contribution < 1.29 is 8.42 Å². The third-order valence-electron chi connectivity index (χ3n) is 1.67. The average Bonchev–Trinajstić information content (AvgIpc) is 2.50. The lowest BCUT2D eigenvalue weighted by atomic mass is 10.4. The Bertz CT molecular complexity index is 588. The highest BCUT2D eigenvalue weighted by atomic mass is 32.2. The van der Waals surface area contributed by atoms with E-state index in [9.17, 15) is 8.42 Å². The first-order chi connectivity index (χ1) is 6.48. The summed E-state index contributed by atoms with van der Waals surface area (Å²) in [5.74, 6) is 0.205. The molecule has 0 aliphatic carbocycles. The van der Waals surface area contributed by atoms with Crippen LogP contribution in [0.1, 0.15) is 0 Å². The zero-order chi connectivity index (χ0) is 10.3. The van der Waals surface area contributed by atoms with E-state index in [1.54, 1.807) is 11.4 Å². The maximum atomic E-state index is 11.2. The average molecular weight is 229 g/mol. The van der Waals surface area contributed by atoms with E-state index in [-0.39, 0.29) is 11.0 Å². The highest BCUT2D eigenvalue weighted by Crippen LogP contribution is 2.23. The number of hydrogen-bond acceptors (Lipinski definition) is 6. The molecule has 0 saturated carbocycles. The molecule has 2 aromatic heterocycles. The minimum Gasteiger partial charge on any atom is -0.383 e. The van der Waals surface area contributed by atoms with Crippen LogP contribution in [0.2, 0.25) is 0 Å².